The van der Waals surface area contributed by atoms with Gasteiger partial charge < -0.3 is 15.1 Å². The Bertz CT molecular complexity index is 430. The van der Waals surface area contributed by atoms with Gasteiger partial charge in [-0.2, -0.15) is 0 Å². The van der Waals surface area contributed by atoms with Gasteiger partial charge in [-0.25, -0.2) is 9.78 Å². The van der Waals surface area contributed by atoms with Gasteiger partial charge in [-0.15, -0.1) is 17.9 Å². The highest BCUT2D eigenvalue weighted by molar-refractivity contribution is 7.11. The molecule has 0 spiro atoms. The molecule has 6 nitrogen and oxygen atoms in total. The number of carboxylic acid groups (broad SMARTS) is 1. The summed E-state index contributed by atoms with van der Waals surface area (Å²) in [5.74, 6) is -1.57. The molecule has 7 heteroatoms. The molecule has 0 atom stereocenters. The van der Waals surface area contributed by atoms with E-state index in [1.807, 2.05) is 0 Å². The van der Waals surface area contributed by atoms with Gasteiger partial charge >= 0.3 is 5.97 Å². The van der Waals surface area contributed by atoms with Gasteiger partial charge in [0.15, 0.2) is 10.7 Å². The fourth-order valence-corrected chi connectivity index (χ4v) is 1.92. The van der Waals surface area contributed by atoms with Crippen LogP contribution < -0.4 is 0 Å². The maximum absolute atomic E-state index is 11.9. The van der Waals surface area contributed by atoms with Gasteiger partial charge in [-0.3, -0.25) is 4.79 Å². The number of carboxylic acids is 1. The third kappa shape index (κ3) is 3.36. The molecule has 0 aromatic carbocycles. The average Bonchev–Trinajstić information content (AvgIpc) is 2.77. The molecule has 0 radical (unpaired) electrons. The van der Waals surface area contributed by atoms with Crippen molar-refractivity contribution in [3.05, 3.63) is 28.7 Å². The average molecular weight is 256 g/mol. The van der Waals surface area contributed by atoms with Crippen LogP contribution in [0, 0.1) is 0 Å². The monoisotopic (exact) mass is 256 g/mol. The molecule has 0 aliphatic rings. The van der Waals surface area contributed by atoms with E-state index >= 15 is 0 Å². The van der Waals surface area contributed by atoms with Crippen molar-refractivity contribution in [2.75, 3.05) is 19.7 Å². The summed E-state index contributed by atoms with van der Waals surface area (Å²) in [6.45, 7) is 3.77. The lowest BCUT2D eigenvalue weighted by Crippen LogP contribution is -2.33. The minimum atomic E-state index is -1.17. The number of nitrogens with zero attached hydrogens (tertiary/aromatic N) is 2. The number of aliphatic hydroxyl groups is 1. The van der Waals surface area contributed by atoms with E-state index in [4.69, 9.17) is 10.2 Å². The van der Waals surface area contributed by atoms with Crippen LogP contribution in [0.3, 0.4) is 0 Å². The fraction of sp³-hybridized carbons (Fsp3) is 0.300. The van der Waals surface area contributed by atoms with Crippen LogP contribution in [-0.4, -0.2) is 51.7 Å². The number of carbonyl (C=O) groups is 2. The summed E-state index contributed by atoms with van der Waals surface area (Å²) in [7, 11) is 0. The molecule has 0 aliphatic heterocycles. The van der Waals surface area contributed by atoms with Gasteiger partial charge in [0.1, 0.15) is 0 Å². The predicted octanol–water partition coefficient (Wildman–Crippen LogP) is 0.462. The van der Waals surface area contributed by atoms with Crippen LogP contribution in [0.2, 0.25) is 0 Å². The highest BCUT2D eigenvalue weighted by Crippen LogP contribution is 2.12. The normalized spacial score (nSPS) is 9.94. The number of rotatable bonds is 6. The Morgan fingerprint density at radius 1 is 1.59 bits per heavy atom. The van der Waals surface area contributed by atoms with Gasteiger partial charge in [-0.05, 0) is 0 Å². The molecule has 1 heterocycles. The van der Waals surface area contributed by atoms with Crippen LogP contribution in [0.5, 0.6) is 0 Å². The molecular weight excluding hydrogens is 244 g/mol. The number of thiazole rings is 1. The predicted molar refractivity (Wildman–Crippen MR) is 62.3 cm³/mol. The standard InChI is InChI=1S/C10H12N2O4S/c1-2-3-12(4-5-13)9(14)8-11-7(6-17-8)10(15)16/h2,6,13H,1,3-5H2,(H,15,16). The van der Waals surface area contributed by atoms with Crippen molar-refractivity contribution in [3.63, 3.8) is 0 Å². The summed E-state index contributed by atoms with van der Waals surface area (Å²) in [5, 5.41) is 18.9. The quantitative estimate of drug-likeness (QED) is 0.722. The molecule has 0 aliphatic carbocycles. The van der Waals surface area contributed by atoms with E-state index in [2.05, 4.69) is 11.6 Å². The molecular formula is C10H12N2O4S. The zero-order chi connectivity index (χ0) is 12.8. The first-order valence-corrected chi connectivity index (χ1v) is 5.68. The van der Waals surface area contributed by atoms with E-state index in [1.165, 1.54) is 16.4 Å². The van der Waals surface area contributed by atoms with Crippen LogP contribution in [0.15, 0.2) is 18.0 Å². The molecule has 2 N–H and O–H groups in total. The lowest BCUT2D eigenvalue weighted by molar-refractivity contribution is 0.0691. The number of aliphatic hydroxyl groups excluding tert-OH is 1. The number of hydrogen-bond acceptors (Lipinski definition) is 5. The molecule has 0 fully saturated rings. The van der Waals surface area contributed by atoms with E-state index in [1.54, 1.807) is 0 Å². The van der Waals surface area contributed by atoms with Crippen molar-refractivity contribution in [2.45, 2.75) is 0 Å². The van der Waals surface area contributed by atoms with Crippen LogP contribution >= 0.6 is 11.3 Å². The Morgan fingerprint density at radius 3 is 2.76 bits per heavy atom. The highest BCUT2D eigenvalue weighted by Gasteiger charge is 2.19. The molecule has 1 aromatic rings. The van der Waals surface area contributed by atoms with Crippen LogP contribution in [0.1, 0.15) is 20.3 Å². The van der Waals surface area contributed by atoms with E-state index in [-0.39, 0.29) is 30.4 Å². The molecule has 0 bridgehead atoms. The summed E-state index contributed by atoms with van der Waals surface area (Å²) >= 11 is 0.967. The Kier molecular flexibility index (Phi) is 4.80. The minimum absolute atomic E-state index is 0.0951. The van der Waals surface area contributed by atoms with Gasteiger partial charge in [0.2, 0.25) is 0 Å². The summed E-state index contributed by atoms with van der Waals surface area (Å²) in [4.78, 5) is 27.6. The summed E-state index contributed by atoms with van der Waals surface area (Å²) in [6, 6.07) is 0. The summed E-state index contributed by atoms with van der Waals surface area (Å²) in [5.41, 5.74) is -0.152. The van der Waals surface area contributed by atoms with E-state index in [9.17, 15) is 9.59 Å². The molecule has 1 aromatic heterocycles. The highest BCUT2D eigenvalue weighted by atomic mass is 32.1. The zero-order valence-corrected chi connectivity index (χ0v) is 9.81. The minimum Gasteiger partial charge on any atom is -0.476 e. The number of aromatic carboxylic acids is 1. The zero-order valence-electron chi connectivity index (χ0n) is 9.00. The Balaban J connectivity index is 2.84. The van der Waals surface area contributed by atoms with Crippen LogP contribution in [0.4, 0.5) is 0 Å². The molecule has 0 saturated heterocycles. The second-order valence-corrected chi connectivity index (χ2v) is 3.96. The third-order valence-corrected chi connectivity index (χ3v) is 2.74. The molecule has 92 valence electrons. The fourth-order valence-electron chi connectivity index (χ4n) is 1.16. The van der Waals surface area contributed by atoms with E-state index < -0.39 is 11.9 Å². The van der Waals surface area contributed by atoms with Gasteiger partial charge in [0.05, 0.1) is 6.61 Å². The maximum Gasteiger partial charge on any atom is 0.355 e. The van der Waals surface area contributed by atoms with Gasteiger partial charge in [0.25, 0.3) is 5.91 Å². The first kappa shape index (κ1) is 13.3. The van der Waals surface area contributed by atoms with Crippen molar-refractivity contribution in [1.29, 1.82) is 0 Å². The van der Waals surface area contributed by atoms with Crippen molar-refractivity contribution in [2.24, 2.45) is 0 Å². The lowest BCUT2D eigenvalue weighted by Gasteiger charge is -2.18. The van der Waals surface area contributed by atoms with E-state index in [0.29, 0.717) is 0 Å². The van der Waals surface area contributed by atoms with Crippen molar-refractivity contribution < 1.29 is 19.8 Å². The number of hydrogen-bond donors (Lipinski definition) is 2. The van der Waals surface area contributed by atoms with Gasteiger partial charge in [-0.1, -0.05) is 6.08 Å². The molecule has 17 heavy (non-hydrogen) atoms. The maximum atomic E-state index is 11.9. The molecule has 0 saturated carbocycles. The third-order valence-electron chi connectivity index (χ3n) is 1.91. The van der Waals surface area contributed by atoms with Crippen LogP contribution in [-0.2, 0) is 0 Å². The Morgan fingerprint density at radius 2 is 2.29 bits per heavy atom. The topological polar surface area (TPSA) is 90.7 Å². The number of carbonyl (C=O) groups excluding carboxylic acids is 1. The van der Waals surface area contributed by atoms with Crippen molar-refractivity contribution in [3.8, 4) is 0 Å². The van der Waals surface area contributed by atoms with Crippen molar-refractivity contribution in [1.82, 2.24) is 9.88 Å². The van der Waals surface area contributed by atoms with E-state index in [0.717, 1.165) is 11.3 Å². The molecule has 1 rings (SSSR count). The largest absolute Gasteiger partial charge is 0.476 e. The summed E-state index contributed by atoms with van der Waals surface area (Å²) in [6.07, 6.45) is 1.53. The number of amides is 1. The first-order valence-electron chi connectivity index (χ1n) is 4.80. The second-order valence-electron chi connectivity index (χ2n) is 3.11. The van der Waals surface area contributed by atoms with Gasteiger partial charge in [0, 0.05) is 18.5 Å². The SMILES string of the molecule is C=CCN(CCO)C(=O)c1nc(C(=O)O)cs1. The first-order chi connectivity index (χ1) is 8.10. The second kappa shape index (κ2) is 6.12. The Hall–Kier alpha value is -1.73. The lowest BCUT2D eigenvalue weighted by atomic mass is 10.4. The molecule has 0 unspecified atom stereocenters. The number of aromatic nitrogens is 1. The van der Waals surface area contributed by atoms with Crippen molar-refractivity contribution >= 4 is 23.2 Å². The van der Waals surface area contributed by atoms with Crippen LogP contribution in [0.25, 0.3) is 0 Å². The Labute approximate surface area is 102 Å². The summed E-state index contributed by atoms with van der Waals surface area (Å²) < 4.78 is 0. The smallest absolute Gasteiger partial charge is 0.355 e. The molecule has 1 amide bonds.